The van der Waals surface area contributed by atoms with Gasteiger partial charge in [0.1, 0.15) is 17.3 Å². The predicted molar refractivity (Wildman–Crippen MR) is 109 cm³/mol. The Bertz CT molecular complexity index is 912. The Morgan fingerprint density at radius 3 is 2.74 bits per heavy atom. The van der Waals surface area contributed by atoms with Gasteiger partial charge in [-0.15, -0.1) is 5.10 Å². The van der Waals surface area contributed by atoms with E-state index < -0.39 is 0 Å². The van der Waals surface area contributed by atoms with Crippen LogP contribution in [-0.2, 0) is 11.2 Å². The molecule has 3 rings (SSSR count). The number of nitrogens with zero attached hydrogens (tertiary/aromatic N) is 2. The van der Waals surface area contributed by atoms with Gasteiger partial charge in [0, 0.05) is 5.69 Å². The number of hydrogen-bond acceptors (Lipinski definition) is 5. The number of rotatable bonds is 8. The van der Waals surface area contributed by atoms with Gasteiger partial charge in [0.2, 0.25) is 11.1 Å². The number of H-pyrrole nitrogens is 1. The molecule has 27 heavy (non-hydrogen) atoms. The number of anilines is 1. The maximum Gasteiger partial charge on any atom is 0.234 e. The van der Waals surface area contributed by atoms with E-state index >= 15 is 0 Å². The lowest BCUT2D eigenvalue weighted by Gasteiger charge is -2.05. The highest BCUT2D eigenvalue weighted by Gasteiger charge is 2.07. The van der Waals surface area contributed by atoms with Crippen molar-refractivity contribution in [1.29, 1.82) is 0 Å². The Labute approximate surface area is 162 Å². The number of furan rings is 1. The molecule has 0 radical (unpaired) electrons. The van der Waals surface area contributed by atoms with E-state index in [1.807, 2.05) is 49.4 Å². The lowest BCUT2D eigenvalue weighted by Crippen LogP contribution is -2.14. The normalized spacial score (nSPS) is 11.2. The zero-order valence-corrected chi connectivity index (χ0v) is 16.2. The highest BCUT2D eigenvalue weighted by molar-refractivity contribution is 7.99. The van der Waals surface area contributed by atoms with E-state index in [0.29, 0.717) is 11.0 Å². The van der Waals surface area contributed by atoms with Crippen molar-refractivity contribution in [2.75, 3.05) is 11.1 Å². The van der Waals surface area contributed by atoms with Crippen LogP contribution in [-0.4, -0.2) is 26.8 Å². The van der Waals surface area contributed by atoms with Crippen LogP contribution in [0.5, 0.6) is 0 Å². The van der Waals surface area contributed by atoms with Gasteiger partial charge < -0.3 is 9.73 Å². The number of nitrogens with one attached hydrogen (secondary N) is 2. The third kappa shape index (κ3) is 5.86. The molecule has 2 heterocycles. The van der Waals surface area contributed by atoms with Crippen LogP contribution in [0.4, 0.5) is 5.69 Å². The molecular formula is C20H22N4O2S. The minimum Gasteiger partial charge on any atom is -0.462 e. The molecule has 0 fully saturated rings. The molecule has 0 atom stereocenters. The molecule has 1 amide bonds. The molecule has 0 unspecified atom stereocenters. The lowest BCUT2D eigenvalue weighted by molar-refractivity contribution is -0.113. The highest BCUT2D eigenvalue weighted by atomic mass is 32.2. The van der Waals surface area contributed by atoms with Crippen LogP contribution >= 0.6 is 11.8 Å². The molecule has 6 nitrogen and oxygen atoms in total. The summed E-state index contributed by atoms with van der Waals surface area (Å²) in [6.07, 6.45) is 5.76. The fraction of sp³-hybridized carbons (Fsp3) is 0.250. The minimum atomic E-state index is -0.0869. The summed E-state index contributed by atoms with van der Waals surface area (Å²) in [5.74, 6) is 2.38. The van der Waals surface area contributed by atoms with Gasteiger partial charge in [-0.1, -0.05) is 37.2 Å². The van der Waals surface area contributed by atoms with Gasteiger partial charge in [-0.25, -0.2) is 4.98 Å². The van der Waals surface area contributed by atoms with E-state index in [0.717, 1.165) is 30.0 Å². The first kappa shape index (κ1) is 19.0. The van der Waals surface area contributed by atoms with Crippen LogP contribution in [0.15, 0.2) is 46.0 Å². The van der Waals surface area contributed by atoms with Gasteiger partial charge in [0.05, 0.1) is 5.75 Å². The Hall–Kier alpha value is -2.80. The van der Waals surface area contributed by atoms with E-state index in [9.17, 15) is 4.79 Å². The van der Waals surface area contributed by atoms with Crippen LogP contribution < -0.4 is 5.32 Å². The summed E-state index contributed by atoms with van der Waals surface area (Å²) in [5, 5.41) is 10.4. The standard InChI is InChI=1S/C20H22N4O2S/c1-3-4-15-6-8-16(9-7-15)21-19(25)13-27-20-22-18(23-24-20)12-11-17-10-5-14(2)26-17/h5-12H,3-4,13H2,1-2H3,(H,21,25)(H,22,23,24)/b12-11+. The van der Waals surface area contributed by atoms with Crippen LogP contribution in [0.1, 0.15) is 36.3 Å². The average molecular weight is 382 g/mol. The summed E-state index contributed by atoms with van der Waals surface area (Å²) < 4.78 is 5.46. The topological polar surface area (TPSA) is 83.8 Å². The van der Waals surface area contributed by atoms with E-state index in [1.165, 1.54) is 17.3 Å². The van der Waals surface area contributed by atoms with Crippen LogP contribution in [0.25, 0.3) is 12.2 Å². The molecule has 140 valence electrons. The number of amides is 1. The number of thioether (sulfide) groups is 1. The number of carbonyl (C=O) groups is 1. The van der Waals surface area contributed by atoms with Crippen molar-refractivity contribution in [2.24, 2.45) is 0 Å². The summed E-state index contributed by atoms with van der Waals surface area (Å²) in [7, 11) is 0. The molecule has 0 aliphatic heterocycles. The predicted octanol–water partition coefficient (Wildman–Crippen LogP) is 4.56. The SMILES string of the molecule is CCCc1ccc(NC(=O)CSc2n[nH]c(/C=C/c3ccc(C)o3)n2)cc1. The molecule has 7 heteroatoms. The number of hydrogen-bond donors (Lipinski definition) is 2. The van der Waals surface area contributed by atoms with E-state index in [-0.39, 0.29) is 11.7 Å². The van der Waals surface area contributed by atoms with E-state index in [1.54, 1.807) is 6.08 Å². The Balaban J connectivity index is 1.47. The zero-order chi connectivity index (χ0) is 19.1. The molecule has 3 aromatic rings. The largest absolute Gasteiger partial charge is 0.462 e. The molecule has 2 aromatic heterocycles. The van der Waals surface area contributed by atoms with E-state index in [2.05, 4.69) is 27.4 Å². The zero-order valence-electron chi connectivity index (χ0n) is 15.4. The van der Waals surface area contributed by atoms with Crippen LogP contribution in [0.2, 0.25) is 0 Å². The number of aromatic amines is 1. The first-order valence-electron chi connectivity index (χ1n) is 8.81. The molecule has 0 bridgehead atoms. The van der Waals surface area contributed by atoms with Gasteiger partial charge in [-0.05, 0) is 55.3 Å². The molecule has 0 spiro atoms. The maximum absolute atomic E-state index is 12.1. The minimum absolute atomic E-state index is 0.0869. The third-order valence-corrected chi connectivity index (χ3v) is 4.60. The van der Waals surface area contributed by atoms with Crippen molar-refractivity contribution in [3.05, 3.63) is 59.3 Å². The number of aryl methyl sites for hydroxylation is 2. The Morgan fingerprint density at radius 1 is 1.22 bits per heavy atom. The van der Waals surface area contributed by atoms with E-state index in [4.69, 9.17) is 4.42 Å². The summed E-state index contributed by atoms with van der Waals surface area (Å²) in [5.41, 5.74) is 2.07. The lowest BCUT2D eigenvalue weighted by atomic mass is 10.1. The molecule has 0 saturated carbocycles. The monoisotopic (exact) mass is 382 g/mol. The quantitative estimate of drug-likeness (QED) is 0.558. The summed E-state index contributed by atoms with van der Waals surface area (Å²) in [6.45, 7) is 4.04. The van der Waals surface area contributed by atoms with Crippen molar-refractivity contribution in [3.8, 4) is 0 Å². The molecule has 0 saturated heterocycles. The second-order valence-corrected chi connectivity index (χ2v) is 7.01. The molecule has 1 aromatic carbocycles. The van der Waals surface area contributed by atoms with Gasteiger partial charge in [0.25, 0.3) is 0 Å². The van der Waals surface area contributed by atoms with Crippen molar-refractivity contribution in [2.45, 2.75) is 31.8 Å². The Kier molecular flexibility index (Phi) is 6.49. The van der Waals surface area contributed by atoms with Crippen molar-refractivity contribution in [1.82, 2.24) is 15.2 Å². The Morgan fingerprint density at radius 2 is 2.04 bits per heavy atom. The maximum atomic E-state index is 12.1. The molecule has 0 aliphatic rings. The average Bonchev–Trinajstić information content (AvgIpc) is 3.29. The van der Waals surface area contributed by atoms with Gasteiger partial charge in [0.15, 0.2) is 0 Å². The summed E-state index contributed by atoms with van der Waals surface area (Å²) in [6, 6.07) is 11.7. The second kappa shape index (κ2) is 9.23. The van der Waals surface area contributed by atoms with Crippen molar-refractivity contribution in [3.63, 3.8) is 0 Å². The fourth-order valence-electron chi connectivity index (χ4n) is 2.47. The van der Waals surface area contributed by atoms with Crippen molar-refractivity contribution >= 4 is 35.5 Å². The first-order valence-corrected chi connectivity index (χ1v) is 9.79. The smallest absolute Gasteiger partial charge is 0.234 e. The number of benzene rings is 1. The number of carbonyl (C=O) groups excluding carboxylic acids is 1. The summed E-state index contributed by atoms with van der Waals surface area (Å²) >= 11 is 1.28. The van der Waals surface area contributed by atoms with Crippen LogP contribution in [0.3, 0.4) is 0 Å². The molecule has 2 N–H and O–H groups in total. The molecular weight excluding hydrogens is 360 g/mol. The van der Waals surface area contributed by atoms with Gasteiger partial charge in [-0.2, -0.15) is 0 Å². The summed E-state index contributed by atoms with van der Waals surface area (Å²) in [4.78, 5) is 16.4. The van der Waals surface area contributed by atoms with Gasteiger partial charge >= 0.3 is 0 Å². The molecule has 0 aliphatic carbocycles. The fourth-order valence-corrected chi connectivity index (χ4v) is 3.08. The van der Waals surface area contributed by atoms with Gasteiger partial charge in [-0.3, -0.25) is 9.89 Å². The number of aromatic nitrogens is 3. The third-order valence-electron chi connectivity index (χ3n) is 3.76. The highest BCUT2D eigenvalue weighted by Crippen LogP contribution is 2.16. The first-order chi connectivity index (χ1) is 13.1. The second-order valence-electron chi connectivity index (χ2n) is 6.07. The van der Waals surface area contributed by atoms with Crippen molar-refractivity contribution < 1.29 is 9.21 Å². The van der Waals surface area contributed by atoms with Crippen LogP contribution in [0, 0.1) is 6.92 Å².